The number of thioether (sulfide) groups is 1. The van der Waals surface area contributed by atoms with Crippen molar-refractivity contribution >= 4 is 23.4 Å². The number of hydrogen-bond donors (Lipinski definition) is 0. The van der Waals surface area contributed by atoms with E-state index in [1.807, 2.05) is 23.9 Å². The van der Waals surface area contributed by atoms with Gasteiger partial charge in [0.25, 0.3) is 0 Å². The largest absolute Gasteiger partial charge is 0.192 e. The lowest BCUT2D eigenvalue weighted by Gasteiger charge is -2.09. The van der Waals surface area contributed by atoms with Gasteiger partial charge < -0.3 is 0 Å². The quantitative estimate of drug-likeness (QED) is 0.768. The molecule has 0 amide bonds. The van der Waals surface area contributed by atoms with Crippen LogP contribution in [0.5, 0.6) is 0 Å². The Labute approximate surface area is 99.4 Å². The molecule has 15 heavy (non-hydrogen) atoms. The van der Waals surface area contributed by atoms with Crippen molar-refractivity contribution in [2.75, 3.05) is 0 Å². The van der Waals surface area contributed by atoms with Gasteiger partial charge in [0.15, 0.2) is 0 Å². The molecule has 0 radical (unpaired) electrons. The van der Waals surface area contributed by atoms with Gasteiger partial charge in [-0.1, -0.05) is 24.4 Å². The first kappa shape index (κ1) is 10.9. The van der Waals surface area contributed by atoms with Crippen molar-refractivity contribution in [1.29, 1.82) is 5.26 Å². The van der Waals surface area contributed by atoms with Crippen LogP contribution in [0.1, 0.15) is 31.2 Å². The van der Waals surface area contributed by atoms with Crippen LogP contribution in [0.15, 0.2) is 23.1 Å². The summed E-state index contributed by atoms with van der Waals surface area (Å²) in [6.07, 6.45) is 5.26. The minimum atomic E-state index is 0.635. The van der Waals surface area contributed by atoms with Gasteiger partial charge >= 0.3 is 0 Å². The molecule has 0 spiro atoms. The summed E-state index contributed by atoms with van der Waals surface area (Å²) in [5, 5.41) is 10.2. The van der Waals surface area contributed by atoms with Crippen molar-refractivity contribution < 1.29 is 0 Å². The van der Waals surface area contributed by atoms with Gasteiger partial charge in [-0.3, -0.25) is 0 Å². The fraction of sp³-hybridized carbons (Fsp3) is 0.417. The van der Waals surface area contributed by atoms with Gasteiger partial charge in [-0.2, -0.15) is 5.26 Å². The zero-order chi connectivity index (χ0) is 10.7. The van der Waals surface area contributed by atoms with Crippen molar-refractivity contribution in [3.63, 3.8) is 0 Å². The van der Waals surface area contributed by atoms with Gasteiger partial charge in [0.1, 0.15) is 0 Å². The van der Waals surface area contributed by atoms with Gasteiger partial charge in [0.2, 0.25) is 0 Å². The van der Waals surface area contributed by atoms with Gasteiger partial charge in [-0.05, 0) is 31.0 Å². The van der Waals surface area contributed by atoms with Crippen LogP contribution >= 0.6 is 23.4 Å². The van der Waals surface area contributed by atoms with Crippen LogP contribution in [0.25, 0.3) is 0 Å². The molecule has 0 N–H and O–H groups in total. The molecular weight excluding hydrogens is 226 g/mol. The highest BCUT2D eigenvalue weighted by molar-refractivity contribution is 8.00. The summed E-state index contributed by atoms with van der Waals surface area (Å²) in [5.74, 6) is 0. The lowest BCUT2D eigenvalue weighted by atomic mass is 10.2. The normalized spacial score (nSPS) is 16.5. The molecule has 1 aliphatic rings. The molecule has 2 rings (SSSR count). The summed E-state index contributed by atoms with van der Waals surface area (Å²) in [4.78, 5) is 1.11. The van der Waals surface area contributed by atoms with Gasteiger partial charge in [0, 0.05) is 10.1 Å². The van der Waals surface area contributed by atoms with Crippen LogP contribution in [-0.2, 0) is 0 Å². The minimum absolute atomic E-state index is 0.635. The van der Waals surface area contributed by atoms with Crippen LogP contribution in [0.4, 0.5) is 0 Å². The van der Waals surface area contributed by atoms with Crippen molar-refractivity contribution in [3.8, 4) is 6.07 Å². The fourth-order valence-electron chi connectivity index (χ4n) is 1.85. The van der Waals surface area contributed by atoms with Crippen LogP contribution < -0.4 is 0 Å². The Morgan fingerprint density at radius 1 is 1.33 bits per heavy atom. The van der Waals surface area contributed by atoms with E-state index in [0.717, 1.165) is 10.1 Å². The molecule has 0 saturated heterocycles. The number of rotatable bonds is 2. The zero-order valence-corrected chi connectivity index (χ0v) is 9.94. The predicted molar refractivity (Wildman–Crippen MR) is 64.3 cm³/mol. The summed E-state index contributed by atoms with van der Waals surface area (Å²) >= 11 is 7.97. The van der Waals surface area contributed by atoms with Crippen molar-refractivity contribution in [3.05, 3.63) is 28.8 Å². The number of halogens is 1. The number of hydrogen-bond acceptors (Lipinski definition) is 2. The molecule has 0 atom stereocenters. The lowest BCUT2D eigenvalue weighted by Crippen LogP contribution is -1.93. The van der Waals surface area contributed by atoms with Gasteiger partial charge in [-0.25, -0.2) is 0 Å². The lowest BCUT2D eigenvalue weighted by molar-refractivity contribution is 0.886. The predicted octanol–water partition coefficient (Wildman–Crippen LogP) is 4.25. The standard InChI is InChI=1S/C12H12ClNS/c13-11-7-9(8-14)5-6-12(11)15-10-3-1-2-4-10/h5-7,10H,1-4H2. The Morgan fingerprint density at radius 2 is 2.07 bits per heavy atom. The first-order chi connectivity index (χ1) is 7.29. The highest BCUT2D eigenvalue weighted by Gasteiger charge is 2.17. The Balaban J connectivity index is 2.11. The topological polar surface area (TPSA) is 23.8 Å². The molecule has 78 valence electrons. The summed E-state index contributed by atoms with van der Waals surface area (Å²) in [6.45, 7) is 0. The van der Waals surface area contributed by atoms with Crippen molar-refractivity contribution in [2.45, 2.75) is 35.8 Å². The first-order valence-electron chi connectivity index (χ1n) is 5.16. The summed E-state index contributed by atoms with van der Waals surface area (Å²) < 4.78 is 0. The van der Waals surface area contributed by atoms with Crippen LogP contribution in [0, 0.1) is 11.3 Å². The summed E-state index contributed by atoms with van der Waals surface area (Å²) in [5.41, 5.74) is 0.635. The molecule has 1 saturated carbocycles. The monoisotopic (exact) mass is 237 g/mol. The second-order valence-corrected chi connectivity index (χ2v) is 5.53. The molecule has 1 aromatic rings. The maximum atomic E-state index is 8.72. The highest BCUT2D eigenvalue weighted by atomic mass is 35.5. The maximum Gasteiger partial charge on any atom is 0.0992 e. The second kappa shape index (κ2) is 4.92. The second-order valence-electron chi connectivity index (χ2n) is 3.78. The Morgan fingerprint density at radius 3 is 2.67 bits per heavy atom. The molecule has 3 heteroatoms. The summed E-state index contributed by atoms with van der Waals surface area (Å²) in [7, 11) is 0. The molecule has 0 unspecified atom stereocenters. The molecule has 0 aliphatic heterocycles. The third kappa shape index (κ3) is 2.68. The van der Waals surface area contributed by atoms with Crippen LogP contribution in [0.2, 0.25) is 5.02 Å². The van der Waals surface area contributed by atoms with Crippen molar-refractivity contribution in [2.24, 2.45) is 0 Å². The van der Waals surface area contributed by atoms with E-state index in [0.29, 0.717) is 10.6 Å². The van der Waals surface area contributed by atoms with E-state index >= 15 is 0 Å². The van der Waals surface area contributed by atoms with E-state index in [2.05, 4.69) is 6.07 Å². The number of benzene rings is 1. The molecule has 1 fully saturated rings. The smallest absolute Gasteiger partial charge is 0.0992 e. The third-order valence-electron chi connectivity index (χ3n) is 2.66. The zero-order valence-electron chi connectivity index (χ0n) is 8.37. The van der Waals surface area contributed by atoms with E-state index in [9.17, 15) is 0 Å². The van der Waals surface area contributed by atoms with Crippen LogP contribution in [0.3, 0.4) is 0 Å². The van der Waals surface area contributed by atoms with Crippen molar-refractivity contribution in [1.82, 2.24) is 0 Å². The highest BCUT2D eigenvalue weighted by Crippen LogP contribution is 2.38. The molecule has 1 nitrogen and oxygen atoms in total. The maximum absolute atomic E-state index is 8.72. The van der Waals surface area contributed by atoms with E-state index in [1.165, 1.54) is 25.7 Å². The Kier molecular flexibility index (Phi) is 3.56. The fourth-order valence-corrected chi connectivity index (χ4v) is 3.41. The van der Waals surface area contributed by atoms with E-state index in [-0.39, 0.29) is 0 Å². The molecule has 0 bridgehead atoms. The van der Waals surface area contributed by atoms with Crippen LogP contribution in [-0.4, -0.2) is 5.25 Å². The minimum Gasteiger partial charge on any atom is -0.192 e. The number of nitrogens with zero attached hydrogens (tertiary/aromatic N) is 1. The average molecular weight is 238 g/mol. The molecule has 1 aromatic carbocycles. The molecule has 1 aliphatic carbocycles. The first-order valence-corrected chi connectivity index (χ1v) is 6.41. The SMILES string of the molecule is N#Cc1ccc(SC2CCCC2)c(Cl)c1. The third-order valence-corrected chi connectivity index (χ3v) is 4.50. The van der Waals surface area contributed by atoms with Gasteiger partial charge in [-0.15, -0.1) is 11.8 Å². The molecular formula is C12H12ClNS. The molecule has 0 heterocycles. The number of nitriles is 1. The van der Waals surface area contributed by atoms with Gasteiger partial charge in [0.05, 0.1) is 16.7 Å². The average Bonchev–Trinajstić information content (AvgIpc) is 2.74. The molecule has 0 aromatic heterocycles. The van der Waals surface area contributed by atoms with E-state index in [1.54, 1.807) is 6.07 Å². The summed E-state index contributed by atoms with van der Waals surface area (Å²) in [6, 6.07) is 7.64. The Hall–Kier alpha value is -0.650. The van der Waals surface area contributed by atoms with E-state index in [4.69, 9.17) is 16.9 Å². The van der Waals surface area contributed by atoms with E-state index < -0.39 is 0 Å². The Bertz CT molecular complexity index is 391.